The second kappa shape index (κ2) is 6.54. The van der Waals surface area contributed by atoms with Gasteiger partial charge in [0.05, 0.1) is 11.5 Å². The molecule has 0 spiro atoms. The molecule has 0 unspecified atom stereocenters. The van der Waals surface area contributed by atoms with Gasteiger partial charge in [0.2, 0.25) is 0 Å². The first-order chi connectivity index (χ1) is 9.56. The number of nitro groups is 1. The van der Waals surface area contributed by atoms with Crippen molar-refractivity contribution < 1.29 is 14.4 Å². The van der Waals surface area contributed by atoms with Crippen molar-refractivity contribution in [1.29, 1.82) is 0 Å². The van der Waals surface area contributed by atoms with E-state index < -0.39 is 4.92 Å². The number of ether oxygens (including phenoxy) is 2. The maximum atomic E-state index is 11.1. The van der Waals surface area contributed by atoms with E-state index in [0.29, 0.717) is 25.6 Å². The first-order valence-electron chi connectivity index (χ1n) is 6.58. The molecule has 6 heteroatoms. The van der Waals surface area contributed by atoms with Crippen LogP contribution in [-0.4, -0.2) is 30.1 Å². The Morgan fingerprint density at radius 1 is 1.45 bits per heavy atom. The van der Waals surface area contributed by atoms with Crippen molar-refractivity contribution in [2.75, 3.05) is 25.2 Å². The van der Waals surface area contributed by atoms with Crippen LogP contribution >= 0.6 is 15.9 Å². The van der Waals surface area contributed by atoms with Crippen molar-refractivity contribution >= 4 is 21.6 Å². The lowest BCUT2D eigenvalue weighted by molar-refractivity contribution is -0.386. The molecule has 1 aromatic rings. The Hall–Kier alpha value is -1.14. The summed E-state index contributed by atoms with van der Waals surface area (Å²) in [5, 5.41) is 11.9. The molecule has 20 heavy (non-hydrogen) atoms. The molecule has 0 aliphatic carbocycles. The van der Waals surface area contributed by atoms with E-state index in [2.05, 4.69) is 15.9 Å². The molecule has 0 N–H and O–H groups in total. The van der Waals surface area contributed by atoms with Gasteiger partial charge in [0.15, 0.2) is 5.75 Å². The minimum Gasteiger partial charge on any atom is -0.486 e. The molecule has 0 radical (unpaired) electrons. The van der Waals surface area contributed by atoms with Crippen molar-refractivity contribution in [2.24, 2.45) is 5.41 Å². The predicted octanol–water partition coefficient (Wildman–Crippen LogP) is 3.47. The highest BCUT2D eigenvalue weighted by molar-refractivity contribution is 9.09. The number of hydrogen-bond donors (Lipinski definition) is 0. The Morgan fingerprint density at radius 2 is 2.15 bits per heavy atom. The van der Waals surface area contributed by atoms with Gasteiger partial charge in [-0.05, 0) is 31.4 Å². The van der Waals surface area contributed by atoms with Crippen LogP contribution in [-0.2, 0) is 4.74 Å². The molecule has 0 bridgehead atoms. The fraction of sp³-hybridized carbons (Fsp3) is 0.571. The lowest BCUT2D eigenvalue weighted by Gasteiger charge is -2.35. The largest absolute Gasteiger partial charge is 0.486 e. The average molecular weight is 344 g/mol. The number of aryl methyl sites for hydroxylation is 1. The molecule has 0 amide bonds. The van der Waals surface area contributed by atoms with E-state index in [1.54, 1.807) is 12.1 Å². The molecular weight excluding hydrogens is 326 g/mol. The van der Waals surface area contributed by atoms with E-state index in [1.807, 2.05) is 13.0 Å². The number of nitro benzene ring substituents is 1. The first kappa shape index (κ1) is 15.3. The lowest BCUT2D eigenvalue weighted by atomic mass is 9.83. The Bertz CT molecular complexity index is 486. The zero-order chi connectivity index (χ0) is 14.6. The third kappa shape index (κ3) is 3.49. The molecule has 1 heterocycles. The van der Waals surface area contributed by atoms with Gasteiger partial charge in [-0.2, -0.15) is 0 Å². The van der Waals surface area contributed by atoms with Gasteiger partial charge < -0.3 is 9.47 Å². The summed E-state index contributed by atoms with van der Waals surface area (Å²) in [5.41, 5.74) is 0.879. The van der Waals surface area contributed by atoms with E-state index >= 15 is 0 Å². The standard InChI is InChI=1S/C14H18BrNO4/c1-11-2-3-13(12(8-11)16(17)18)20-10-14(9-15)4-6-19-7-5-14/h2-3,8H,4-7,9-10H2,1H3. The van der Waals surface area contributed by atoms with Crippen LogP contribution in [0, 0.1) is 22.5 Å². The third-order valence-electron chi connectivity index (χ3n) is 3.68. The third-order valence-corrected chi connectivity index (χ3v) is 4.87. The second-order valence-corrected chi connectivity index (χ2v) is 5.82. The highest BCUT2D eigenvalue weighted by atomic mass is 79.9. The van der Waals surface area contributed by atoms with Crippen LogP contribution in [0.2, 0.25) is 0 Å². The minimum atomic E-state index is -0.396. The lowest BCUT2D eigenvalue weighted by Crippen LogP contribution is -2.36. The number of benzene rings is 1. The number of alkyl halides is 1. The van der Waals surface area contributed by atoms with E-state index in [1.165, 1.54) is 0 Å². The van der Waals surface area contributed by atoms with Gasteiger partial charge in [0, 0.05) is 30.0 Å². The maximum absolute atomic E-state index is 11.1. The Morgan fingerprint density at radius 3 is 2.75 bits per heavy atom. The number of hydrogen-bond acceptors (Lipinski definition) is 4. The number of nitrogens with zero attached hydrogens (tertiary/aromatic N) is 1. The highest BCUT2D eigenvalue weighted by Gasteiger charge is 2.33. The molecule has 2 rings (SSSR count). The summed E-state index contributed by atoms with van der Waals surface area (Å²) in [4.78, 5) is 10.7. The monoisotopic (exact) mass is 343 g/mol. The van der Waals surface area contributed by atoms with Crippen LogP contribution in [0.1, 0.15) is 18.4 Å². The van der Waals surface area contributed by atoms with Crippen molar-refractivity contribution in [2.45, 2.75) is 19.8 Å². The topological polar surface area (TPSA) is 61.6 Å². The van der Waals surface area contributed by atoms with Crippen LogP contribution < -0.4 is 4.74 Å². The molecule has 0 atom stereocenters. The molecule has 1 aliphatic rings. The highest BCUT2D eigenvalue weighted by Crippen LogP contribution is 2.35. The molecule has 110 valence electrons. The van der Waals surface area contributed by atoms with E-state index in [0.717, 1.165) is 23.7 Å². The Kier molecular flexibility index (Phi) is 4.99. The fourth-order valence-electron chi connectivity index (χ4n) is 2.24. The summed E-state index contributed by atoms with van der Waals surface area (Å²) in [7, 11) is 0. The van der Waals surface area contributed by atoms with Gasteiger partial charge in [0.1, 0.15) is 0 Å². The molecular formula is C14H18BrNO4. The zero-order valence-corrected chi connectivity index (χ0v) is 13.0. The summed E-state index contributed by atoms with van der Waals surface area (Å²) >= 11 is 3.53. The molecule has 1 saturated heterocycles. The van der Waals surface area contributed by atoms with Crippen molar-refractivity contribution in [3.05, 3.63) is 33.9 Å². The normalized spacial score (nSPS) is 17.7. The van der Waals surface area contributed by atoms with E-state index in [4.69, 9.17) is 9.47 Å². The average Bonchev–Trinajstić information content (AvgIpc) is 2.47. The van der Waals surface area contributed by atoms with Crippen LogP contribution in [0.25, 0.3) is 0 Å². The second-order valence-electron chi connectivity index (χ2n) is 5.26. The van der Waals surface area contributed by atoms with Gasteiger partial charge >= 0.3 is 5.69 Å². The minimum absolute atomic E-state index is 0.00297. The summed E-state index contributed by atoms with van der Waals surface area (Å²) in [6.07, 6.45) is 1.80. The van der Waals surface area contributed by atoms with Gasteiger partial charge in [-0.15, -0.1) is 0 Å². The predicted molar refractivity (Wildman–Crippen MR) is 79.6 cm³/mol. The summed E-state index contributed by atoms with van der Waals surface area (Å²) in [6, 6.07) is 5.04. The molecule has 1 aromatic carbocycles. The molecule has 0 aromatic heterocycles. The number of rotatable bonds is 5. The van der Waals surface area contributed by atoms with E-state index in [9.17, 15) is 10.1 Å². The van der Waals surface area contributed by atoms with Gasteiger partial charge in [-0.1, -0.05) is 22.0 Å². The van der Waals surface area contributed by atoms with Gasteiger partial charge in [-0.3, -0.25) is 10.1 Å². The van der Waals surface area contributed by atoms with Crippen molar-refractivity contribution in [3.8, 4) is 5.75 Å². The van der Waals surface area contributed by atoms with E-state index in [-0.39, 0.29) is 11.1 Å². The van der Waals surface area contributed by atoms with Crippen LogP contribution in [0.4, 0.5) is 5.69 Å². The van der Waals surface area contributed by atoms with Crippen molar-refractivity contribution in [1.82, 2.24) is 0 Å². The first-order valence-corrected chi connectivity index (χ1v) is 7.70. The fourth-order valence-corrected chi connectivity index (χ4v) is 2.97. The SMILES string of the molecule is Cc1ccc(OCC2(CBr)CCOCC2)c([N+](=O)[O-])c1. The van der Waals surface area contributed by atoms with Crippen LogP contribution in [0.5, 0.6) is 5.75 Å². The molecule has 1 fully saturated rings. The Balaban J connectivity index is 2.11. The quantitative estimate of drug-likeness (QED) is 0.466. The molecule has 1 aliphatic heterocycles. The zero-order valence-electron chi connectivity index (χ0n) is 11.4. The van der Waals surface area contributed by atoms with Gasteiger partial charge in [-0.25, -0.2) is 0 Å². The summed E-state index contributed by atoms with van der Waals surface area (Å²) in [5.74, 6) is 0.340. The van der Waals surface area contributed by atoms with Crippen LogP contribution in [0.3, 0.4) is 0 Å². The van der Waals surface area contributed by atoms with Crippen LogP contribution in [0.15, 0.2) is 18.2 Å². The number of halogens is 1. The molecule has 5 nitrogen and oxygen atoms in total. The smallest absolute Gasteiger partial charge is 0.311 e. The maximum Gasteiger partial charge on any atom is 0.311 e. The summed E-state index contributed by atoms with van der Waals surface area (Å²) < 4.78 is 11.1. The van der Waals surface area contributed by atoms with Crippen molar-refractivity contribution in [3.63, 3.8) is 0 Å². The van der Waals surface area contributed by atoms with Gasteiger partial charge in [0.25, 0.3) is 0 Å². The summed E-state index contributed by atoms with van der Waals surface area (Å²) in [6.45, 7) is 3.72. The Labute approximate surface area is 126 Å². The molecule has 0 saturated carbocycles.